The van der Waals surface area contributed by atoms with Crippen molar-refractivity contribution in [3.05, 3.63) is 46.8 Å². The Kier molecular flexibility index (Phi) is 3.20. The molecule has 0 unspecified atom stereocenters. The van der Waals surface area contributed by atoms with Crippen LogP contribution in [0.25, 0.3) is 10.4 Å². The van der Waals surface area contributed by atoms with Crippen LogP contribution in [0.3, 0.4) is 0 Å². The van der Waals surface area contributed by atoms with Crippen LogP contribution >= 0.6 is 11.3 Å². The van der Waals surface area contributed by atoms with E-state index in [4.69, 9.17) is 0 Å². The Balaban J connectivity index is 2.30. The molecule has 2 aromatic rings. The second-order valence-corrected chi connectivity index (χ2v) is 4.92. The molecule has 16 heavy (non-hydrogen) atoms. The number of aryl methyl sites for hydroxylation is 1. The smallest absolute Gasteiger partial charge is 0.159 e. The van der Waals surface area contributed by atoms with Crippen LogP contribution in [0.2, 0.25) is 0 Å². The molecule has 0 atom stereocenters. The highest BCUT2D eigenvalue weighted by Crippen LogP contribution is 2.28. The van der Waals surface area contributed by atoms with Crippen LogP contribution < -0.4 is 0 Å². The van der Waals surface area contributed by atoms with E-state index in [0.717, 1.165) is 12.0 Å². The molecular weight excluding hydrogens is 216 g/mol. The van der Waals surface area contributed by atoms with Gasteiger partial charge in [-0.15, -0.1) is 11.3 Å². The summed E-state index contributed by atoms with van der Waals surface area (Å²) >= 11 is 1.82. The number of ketones is 1. The highest BCUT2D eigenvalue weighted by atomic mass is 32.1. The van der Waals surface area contributed by atoms with Gasteiger partial charge in [-0.05, 0) is 31.0 Å². The fraction of sp³-hybridized carbons (Fsp3) is 0.214. The van der Waals surface area contributed by atoms with Gasteiger partial charge in [-0.25, -0.2) is 0 Å². The molecule has 2 heteroatoms. The van der Waals surface area contributed by atoms with Crippen LogP contribution in [-0.2, 0) is 6.42 Å². The lowest BCUT2D eigenvalue weighted by molar-refractivity contribution is 0.101. The maximum Gasteiger partial charge on any atom is 0.159 e. The fourth-order valence-electron chi connectivity index (χ4n) is 1.59. The molecule has 0 amide bonds. The van der Waals surface area contributed by atoms with E-state index in [0.29, 0.717) is 0 Å². The van der Waals surface area contributed by atoms with E-state index in [1.54, 1.807) is 6.92 Å². The number of hydrogen-bond acceptors (Lipinski definition) is 2. The topological polar surface area (TPSA) is 17.1 Å². The molecule has 0 N–H and O–H groups in total. The van der Waals surface area contributed by atoms with E-state index in [1.807, 2.05) is 35.6 Å². The monoisotopic (exact) mass is 230 g/mol. The van der Waals surface area contributed by atoms with Gasteiger partial charge in [0.05, 0.1) is 0 Å². The molecule has 2 rings (SSSR count). The fourth-order valence-corrected chi connectivity index (χ4v) is 2.55. The molecule has 0 aliphatic carbocycles. The number of thiophene rings is 1. The highest BCUT2D eigenvalue weighted by Gasteiger charge is 2.03. The SMILES string of the molecule is CCc1ccc(-c2ccc(C(C)=O)cc2)s1. The van der Waals surface area contributed by atoms with Crippen LogP contribution in [0, 0.1) is 0 Å². The lowest BCUT2D eigenvalue weighted by Crippen LogP contribution is -1.90. The van der Waals surface area contributed by atoms with Crippen LogP contribution in [0.4, 0.5) is 0 Å². The first-order chi connectivity index (χ1) is 7.70. The van der Waals surface area contributed by atoms with Crippen LogP contribution in [0.15, 0.2) is 36.4 Å². The first-order valence-electron chi connectivity index (χ1n) is 5.41. The molecule has 1 aromatic heterocycles. The molecular formula is C14H14OS. The Labute approximate surface area is 99.8 Å². The normalized spacial score (nSPS) is 10.4. The molecule has 82 valence electrons. The van der Waals surface area contributed by atoms with E-state index in [1.165, 1.54) is 15.3 Å². The zero-order valence-electron chi connectivity index (χ0n) is 9.49. The van der Waals surface area contributed by atoms with E-state index in [-0.39, 0.29) is 5.78 Å². The van der Waals surface area contributed by atoms with Gasteiger partial charge >= 0.3 is 0 Å². The minimum absolute atomic E-state index is 0.118. The van der Waals surface area contributed by atoms with Crippen molar-refractivity contribution in [2.75, 3.05) is 0 Å². The second kappa shape index (κ2) is 4.62. The molecule has 1 nitrogen and oxygen atoms in total. The van der Waals surface area contributed by atoms with Gasteiger partial charge in [0.2, 0.25) is 0 Å². The molecule has 1 aromatic carbocycles. The summed E-state index contributed by atoms with van der Waals surface area (Å²) in [6, 6.07) is 12.1. The van der Waals surface area contributed by atoms with Crippen molar-refractivity contribution in [3.63, 3.8) is 0 Å². The summed E-state index contributed by atoms with van der Waals surface area (Å²) in [5.74, 6) is 0.118. The first kappa shape index (κ1) is 11.1. The minimum atomic E-state index is 0.118. The molecule has 0 bridgehead atoms. The van der Waals surface area contributed by atoms with E-state index in [9.17, 15) is 4.79 Å². The molecule has 1 heterocycles. The van der Waals surface area contributed by atoms with Gasteiger partial charge in [0.25, 0.3) is 0 Å². The lowest BCUT2D eigenvalue weighted by Gasteiger charge is -1.99. The zero-order chi connectivity index (χ0) is 11.5. The number of benzene rings is 1. The Hall–Kier alpha value is -1.41. The van der Waals surface area contributed by atoms with Gasteiger partial charge < -0.3 is 0 Å². The van der Waals surface area contributed by atoms with Crippen molar-refractivity contribution in [2.45, 2.75) is 20.3 Å². The molecule has 0 aliphatic heterocycles. The van der Waals surface area contributed by atoms with Gasteiger partial charge in [0.15, 0.2) is 5.78 Å². The number of rotatable bonds is 3. The highest BCUT2D eigenvalue weighted by molar-refractivity contribution is 7.15. The third-order valence-corrected chi connectivity index (χ3v) is 3.86. The van der Waals surface area contributed by atoms with E-state index in [2.05, 4.69) is 19.1 Å². The van der Waals surface area contributed by atoms with E-state index >= 15 is 0 Å². The molecule has 0 fully saturated rings. The van der Waals surface area contributed by atoms with E-state index < -0.39 is 0 Å². The predicted molar refractivity (Wildman–Crippen MR) is 69.1 cm³/mol. The number of hydrogen-bond donors (Lipinski definition) is 0. The Morgan fingerprint density at radius 1 is 1.12 bits per heavy atom. The minimum Gasteiger partial charge on any atom is -0.295 e. The maximum absolute atomic E-state index is 11.1. The molecule has 0 aliphatic rings. The summed E-state index contributed by atoms with van der Waals surface area (Å²) in [6.07, 6.45) is 1.08. The third kappa shape index (κ3) is 2.22. The van der Waals surface area contributed by atoms with Crippen molar-refractivity contribution in [1.82, 2.24) is 0 Å². The van der Waals surface area contributed by atoms with Crippen molar-refractivity contribution in [3.8, 4) is 10.4 Å². The largest absolute Gasteiger partial charge is 0.295 e. The third-order valence-electron chi connectivity index (χ3n) is 2.59. The Morgan fingerprint density at radius 3 is 2.31 bits per heavy atom. The van der Waals surface area contributed by atoms with Gasteiger partial charge in [0, 0.05) is 15.3 Å². The lowest BCUT2D eigenvalue weighted by atomic mass is 10.1. The van der Waals surface area contributed by atoms with Crippen molar-refractivity contribution < 1.29 is 4.79 Å². The van der Waals surface area contributed by atoms with Crippen molar-refractivity contribution >= 4 is 17.1 Å². The molecule has 0 saturated heterocycles. The summed E-state index contributed by atoms with van der Waals surface area (Å²) in [7, 11) is 0. The summed E-state index contributed by atoms with van der Waals surface area (Å²) < 4.78 is 0. The van der Waals surface area contributed by atoms with Gasteiger partial charge in [-0.1, -0.05) is 31.2 Å². The second-order valence-electron chi connectivity index (χ2n) is 3.75. The summed E-state index contributed by atoms with van der Waals surface area (Å²) in [6.45, 7) is 3.75. The number of carbonyl (C=O) groups excluding carboxylic acids is 1. The average Bonchev–Trinajstić information content (AvgIpc) is 2.77. The standard InChI is InChI=1S/C14H14OS/c1-3-13-8-9-14(16-13)12-6-4-11(5-7-12)10(2)15/h4-9H,3H2,1-2H3. The average molecular weight is 230 g/mol. The number of Topliss-reactive ketones (excluding diaryl/α,β-unsaturated/α-hetero) is 1. The summed E-state index contributed by atoms with van der Waals surface area (Å²) in [5, 5.41) is 0. The molecule has 0 spiro atoms. The van der Waals surface area contributed by atoms with Gasteiger partial charge in [0.1, 0.15) is 0 Å². The van der Waals surface area contributed by atoms with Crippen LogP contribution in [0.1, 0.15) is 29.1 Å². The van der Waals surface area contributed by atoms with Crippen LogP contribution in [-0.4, -0.2) is 5.78 Å². The molecule has 0 saturated carbocycles. The van der Waals surface area contributed by atoms with Crippen LogP contribution in [0.5, 0.6) is 0 Å². The van der Waals surface area contributed by atoms with Crippen molar-refractivity contribution in [2.24, 2.45) is 0 Å². The summed E-state index contributed by atoms with van der Waals surface area (Å²) in [5.41, 5.74) is 1.96. The first-order valence-corrected chi connectivity index (χ1v) is 6.22. The zero-order valence-corrected chi connectivity index (χ0v) is 10.3. The van der Waals surface area contributed by atoms with Crippen molar-refractivity contribution in [1.29, 1.82) is 0 Å². The molecule has 0 radical (unpaired) electrons. The Morgan fingerprint density at radius 2 is 1.81 bits per heavy atom. The predicted octanol–water partition coefficient (Wildman–Crippen LogP) is 4.18. The maximum atomic E-state index is 11.1. The van der Waals surface area contributed by atoms with Gasteiger partial charge in [-0.3, -0.25) is 4.79 Å². The number of carbonyl (C=O) groups is 1. The Bertz CT molecular complexity index is 494. The van der Waals surface area contributed by atoms with Gasteiger partial charge in [-0.2, -0.15) is 0 Å². The quantitative estimate of drug-likeness (QED) is 0.723. The summed E-state index contributed by atoms with van der Waals surface area (Å²) in [4.78, 5) is 13.8.